The first-order valence-electron chi connectivity index (χ1n) is 19.3. The highest BCUT2D eigenvalue weighted by atomic mass is 32.1. The summed E-state index contributed by atoms with van der Waals surface area (Å²) in [4.78, 5) is 37.4. The van der Waals surface area contributed by atoms with Gasteiger partial charge in [0.05, 0.1) is 39.1 Å². The lowest BCUT2D eigenvalue weighted by atomic mass is 9.80. The molecule has 308 valence electrons. The molecular weight excluding hydrogens is 778 g/mol. The summed E-state index contributed by atoms with van der Waals surface area (Å²) in [6.45, 7) is 8.90. The summed E-state index contributed by atoms with van der Waals surface area (Å²) in [7, 11) is 3.39. The largest absolute Gasteiger partial charge is 0.497 e. The van der Waals surface area contributed by atoms with Crippen molar-refractivity contribution in [2.75, 3.05) is 34.5 Å². The fourth-order valence-corrected chi connectivity index (χ4v) is 9.59. The highest BCUT2D eigenvalue weighted by Gasteiger charge is 2.45. The van der Waals surface area contributed by atoms with E-state index in [-0.39, 0.29) is 30.7 Å². The molecule has 1 N–H and O–H groups in total. The maximum Gasteiger partial charge on any atom is 0.330 e. The number of nitrogens with one attached hydrogen (secondary N) is 1. The molecule has 3 aromatic carbocycles. The summed E-state index contributed by atoms with van der Waals surface area (Å²) >= 11 is 1.31. The van der Waals surface area contributed by atoms with Crippen molar-refractivity contribution < 1.29 is 28.0 Å². The molecular formula is C43H52N5O8PS. The van der Waals surface area contributed by atoms with Gasteiger partial charge in [-0.2, -0.15) is 0 Å². The van der Waals surface area contributed by atoms with E-state index in [0.717, 1.165) is 16.7 Å². The summed E-state index contributed by atoms with van der Waals surface area (Å²) in [5, 5.41) is 2.27. The van der Waals surface area contributed by atoms with Crippen molar-refractivity contribution in [3.63, 3.8) is 0 Å². The molecule has 1 aliphatic heterocycles. The predicted octanol–water partition coefficient (Wildman–Crippen LogP) is 7.81. The molecule has 15 heteroatoms. The molecule has 2 aromatic heterocycles. The van der Waals surface area contributed by atoms with Crippen LogP contribution in [0.4, 0.5) is 0 Å². The Bertz CT molecular complexity index is 2120. The van der Waals surface area contributed by atoms with Crippen molar-refractivity contribution in [3.8, 4) is 22.1 Å². The van der Waals surface area contributed by atoms with E-state index in [2.05, 4.69) is 47.3 Å². The Morgan fingerprint density at radius 3 is 2.14 bits per heavy atom. The van der Waals surface area contributed by atoms with Gasteiger partial charge in [0.2, 0.25) is 0 Å². The van der Waals surface area contributed by atoms with Gasteiger partial charge >= 0.3 is 5.69 Å². The molecule has 1 fully saturated rings. The third-order valence-corrected chi connectivity index (χ3v) is 12.8. The SMILES string of the molecule is C/N=C/CCOP(OC1CC(n2cc(-c3nccs3)c(=O)[nH]c2=O)OC1COC(c1ccccc1)(c1ccc(OC)cc1)c1ccc(OC)cc1)N(C(C)C)C(C)C. The third kappa shape index (κ3) is 9.66. The molecule has 0 amide bonds. The number of aliphatic imine (C=N–C) groups is 1. The molecule has 1 saturated heterocycles. The van der Waals surface area contributed by atoms with E-state index in [1.807, 2.05) is 85.1 Å². The summed E-state index contributed by atoms with van der Waals surface area (Å²) in [5.41, 5.74) is 0.606. The Labute approximate surface area is 344 Å². The molecule has 5 aromatic rings. The second kappa shape index (κ2) is 20.0. The highest BCUT2D eigenvalue weighted by molar-refractivity contribution is 7.44. The van der Waals surface area contributed by atoms with Crippen molar-refractivity contribution >= 4 is 26.1 Å². The predicted molar refractivity (Wildman–Crippen MR) is 228 cm³/mol. The van der Waals surface area contributed by atoms with Crippen LogP contribution in [0.2, 0.25) is 0 Å². The highest BCUT2D eigenvalue weighted by Crippen LogP contribution is 2.50. The number of thiazole rings is 1. The van der Waals surface area contributed by atoms with E-state index in [0.29, 0.717) is 29.5 Å². The fourth-order valence-electron chi connectivity index (χ4n) is 7.17. The summed E-state index contributed by atoms with van der Waals surface area (Å²) in [5.74, 6) is 1.41. The first-order chi connectivity index (χ1) is 28.1. The van der Waals surface area contributed by atoms with Gasteiger partial charge in [-0.1, -0.05) is 54.6 Å². The van der Waals surface area contributed by atoms with Gasteiger partial charge < -0.3 is 33.0 Å². The van der Waals surface area contributed by atoms with Crippen molar-refractivity contribution in [1.29, 1.82) is 0 Å². The molecule has 0 radical (unpaired) electrons. The lowest BCUT2D eigenvalue weighted by Crippen LogP contribution is -2.39. The average Bonchev–Trinajstić information content (AvgIpc) is 3.91. The Hall–Kier alpha value is -4.53. The van der Waals surface area contributed by atoms with E-state index in [4.69, 9.17) is 28.0 Å². The first-order valence-corrected chi connectivity index (χ1v) is 21.3. The molecule has 13 nitrogen and oxygen atoms in total. The van der Waals surface area contributed by atoms with E-state index in [1.54, 1.807) is 32.8 Å². The summed E-state index contributed by atoms with van der Waals surface area (Å²) < 4.78 is 42.4. The van der Waals surface area contributed by atoms with Gasteiger partial charge in [-0.3, -0.25) is 14.3 Å². The van der Waals surface area contributed by atoms with Gasteiger partial charge in [-0.15, -0.1) is 11.3 Å². The summed E-state index contributed by atoms with van der Waals surface area (Å²) in [6, 6.07) is 25.8. The monoisotopic (exact) mass is 829 g/mol. The average molecular weight is 830 g/mol. The van der Waals surface area contributed by atoms with Gasteiger partial charge in [0, 0.05) is 56.0 Å². The van der Waals surface area contributed by atoms with Crippen molar-refractivity contribution in [2.24, 2.45) is 4.99 Å². The van der Waals surface area contributed by atoms with Crippen LogP contribution in [0, 0.1) is 0 Å². The van der Waals surface area contributed by atoms with E-state index in [1.165, 1.54) is 22.1 Å². The number of hydrogen-bond acceptors (Lipinski definition) is 12. The molecule has 4 atom stereocenters. The number of H-pyrrole nitrogens is 1. The van der Waals surface area contributed by atoms with Crippen LogP contribution in [0.5, 0.6) is 11.5 Å². The molecule has 6 rings (SSSR count). The molecule has 58 heavy (non-hydrogen) atoms. The summed E-state index contributed by atoms with van der Waals surface area (Å²) in [6.07, 6.45) is 3.73. The lowest BCUT2D eigenvalue weighted by Gasteiger charge is -2.39. The quantitative estimate of drug-likeness (QED) is 0.0380. The molecule has 3 heterocycles. The molecule has 0 aliphatic carbocycles. The smallest absolute Gasteiger partial charge is 0.330 e. The van der Waals surface area contributed by atoms with Crippen LogP contribution in [0.3, 0.4) is 0 Å². The Morgan fingerprint density at radius 1 is 0.966 bits per heavy atom. The van der Waals surface area contributed by atoms with Gasteiger partial charge in [0.25, 0.3) is 14.1 Å². The minimum absolute atomic E-state index is 0.0422. The van der Waals surface area contributed by atoms with Crippen LogP contribution in [-0.4, -0.2) is 84.2 Å². The molecule has 0 bridgehead atoms. The number of benzene rings is 3. The first kappa shape index (κ1) is 43.1. The molecule has 0 saturated carbocycles. The lowest BCUT2D eigenvalue weighted by molar-refractivity contribution is -0.0925. The third-order valence-electron chi connectivity index (χ3n) is 9.86. The number of hydrogen-bond donors (Lipinski definition) is 1. The minimum atomic E-state index is -1.62. The van der Waals surface area contributed by atoms with Crippen molar-refractivity contribution in [2.45, 2.75) is 76.7 Å². The van der Waals surface area contributed by atoms with Crippen LogP contribution in [0.15, 0.2) is 111 Å². The Morgan fingerprint density at radius 2 is 1.59 bits per heavy atom. The number of aromatic amines is 1. The van der Waals surface area contributed by atoms with Gasteiger partial charge in [-0.25, -0.2) is 14.4 Å². The molecule has 4 unspecified atom stereocenters. The topological polar surface area (TPSA) is 139 Å². The second-order valence-electron chi connectivity index (χ2n) is 14.2. The van der Waals surface area contributed by atoms with Gasteiger partial charge in [0.15, 0.2) is 0 Å². The van der Waals surface area contributed by atoms with Crippen LogP contribution >= 0.6 is 19.9 Å². The maximum atomic E-state index is 13.5. The van der Waals surface area contributed by atoms with Crippen LogP contribution in [-0.2, 0) is 24.1 Å². The number of aromatic nitrogens is 3. The Kier molecular flexibility index (Phi) is 14.8. The zero-order valence-corrected chi connectivity index (χ0v) is 35.7. The normalized spacial score (nSPS) is 17.8. The maximum absolute atomic E-state index is 13.5. The minimum Gasteiger partial charge on any atom is -0.497 e. The molecule has 1 aliphatic rings. The second-order valence-corrected chi connectivity index (χ2v) is 16.5. The zero-order chi connectivity index (χ0) is 41.2. The standard InChI is InChI=1S/C43H52N5O8PS/c1-29(2)48(30(3)4)57(54-24-11-22-44-5)56-37-26-39(47-27-36(40(49)46-42(47)50)41-45-23-25-58-41)55-38(37)28-53-43(31-12-9-8-10-13-31,32-14-18-34(51-6)19-15-32)33-16-20-35(52-7)21-17-33/h8-10,12-23,25,27,29-30,37-39H,11,24,26,28H2,1-7H3,(H,46,49,50)/b44-22+. The number of methoxy groups -OCH3 is 2. The van der Waals surface area contributed by atoms with E-state index >= 15 is 0 Å². The van der Waals surface area contributed by atoms with E-state index < -0.39 is 43.8 Å². The van der Waals surface area contributed by atoms with E-state index in [9.17, 15) is 9.59 Å². The van der Waals surface area contributed by atoms with Crippen LogP contribution in [0.1, 0.15) is 63.5 Å². The van der Waals surface area contributed by atoms with Gasteiger partial charge in [0.1, 0.15) is 34.4 Å². The Balaban J connectivity index is 1.44. The number of ether oxygens (including phenoxy) is 4. The van der Waals surface area contributed by atoms with Crippen molar-refractivity contribution in [1.82, 2.24) is 19.2 Å². The van der Waals surface area contributed by atoms with Gasteiger partial charge in [-0.05, 0) is 68.7 Å². The number of rotatable bonds is 19. The zero-order valence-electron chi connectivity index (χ0n) is 33.9. The fraction of sp³-hybridized carbons (Fsp3) is 0.395. The van der Waals surface area contributed by atoms with Crippen LogP contribution < -0.4 is 20.7 Å². The number of nitrogens with zero attached hydrogens (tertiary/aromatic N) is 4. The van der Waals surface area contributed by atoms with Crippen molar-refractivity contribution in [3.05, 3.63) is 134 Å². The molecule has 0 spiro atoms. The van der Waals surface area contributed by atoms with Crippen LogP contribution in [0.25, 0.3) is 10.6 Å².